The number of rotatable bonds is 9. The van der Waals surface area contributed by atoms with Gasteiger partial charge in [0.25, 0.3) is 0 Å². The van der Waals surface area contributed by atoms with Gasteiger partial charge in [-0.05, 0) is 37.5 Å². The van der Waals surface area contributed by atoms with E-state index in [1.165, 1.54) is 6.42 Å². The molecule has 2 amide bonds. The van der Waals surface area contributed by atoms with E-state index in [9.17, 15) is 9.59 Å². The normalized spacial score (nSPS) is 15.6. The largest absolute Gasteiger partial charge is 0.467 e. The van der Waals surface area contributed by atoms with Crippen LogP contribution in [0.25, 0.3) is 0 Å². The second-order valence-electron chi connectivity index (χ2n) is 7.74. The van der Waals surface area contributed by atoms with Crippen molar-refractivity contribution in [2.75, 3.05) is 0 Å². The SMILES string of the molecule is CCCCC(=O)N(Cc1ccco1)C(C(=O)NC1CCCCC1)c1cccnc1. The van der Waals surface area contributed by atoms with Crippen LogP contribution < -0.4 is 5.32 Å². The van der Waals surface area contributed by atoms with E-state index in [1.807, 2.05) is 12.1 Å². The van der Waals surface area contributed by atoms with Crippen molar-refractivity contribution in [2.24, 2.45) is 0 Å². The van der Waals surface area contributed by atoms with E-state index in [1.54, 1.807) is 35.7 Å². The zero-order valence-electron chi connectivity index (χ0n) is 17.2. The van der Waals surface area contributed by atoms with Gasteiger partial charge in [0.1, 0.15) is 11.8 Å². The zero-order valence-corrected chi connectivity index (χ0v) is 17.2. The molecule has 1 saturated carbocycles. The summed E-state index contributed by atoms with van der Waals surface area (Å²) >= 11 is 0. The minimum atomic E-state index is -0.722. The first-order valence-electron chi connectivity index (χ1n) is 10.7. The number of furan rings is 1. The van der Waals surface area contributed by atoms with E-state index < -0.39 is 6.04 Å². The van der Waals surface area contributed by atoms with Gasteiger partial charge < -0.3 is 14.6 Å². The lowest BCUT2D eigenvalue weighted by Gasteiger charge is -2.33. The molecule has 0 saturated heterocycles. The molecular weight excluding hydrogens is 366 g/mol. The quantitative estimate of drug-likeness (QED) is 0.681. The molecule has 6 heteroatoms. The number of aromatic nitrogens is 1. The van der Waals surface area contributed by atoms with Crippen LogP contribution in [0.5, 0.6) is 0 Å². The standard InChI is InChI=1S/C23H31N3O3/c1-2-3-13-21(27)26(17-20-12-8-15-29-20)22(18-9-7-14-24-16-18)23(28)25-19-10-5-4-6-11-19/h7-9,12,14-16,19,22H,2-6,10-11,13,17H2,1H3,(H,25,28). The third kappa shape index (κ3) is 5.92. The van der Waals surface area contributed by atoms with E-state index in [0.29, 0.717) is 12.2 Å². The number of amides is 2. The van der Waals surface area contributed by atoms with Crippen molar-refractivity contribution >= 4 is 11.8 Å². The highest BCUT2D eigenvalue weighted by atomic mass is 16.3. The zero-order chi connectivity index (χ0) is 20.5. The van der Waals surface area contributed by atoms with Gasteiger partial charge in [-0.1, -0.05) is 38.7 Å². The molecule has 2 heterocycles. The van der Waals surface area contributed by atoms with Crippen molar-refractivity contribution < 1.29 is 14.0 Å². The maximum atomic E-state index is 13.4. The molecule has 2 aromatic heterocycles. The average Bonchev–Trinajstić information content (AvgIpc) is 3.26. The fourth-order valence-electron chi connectivity index (χ4n) is 3.90. The molecule has 2 aromatic rings. The minimum absolute atomic E-state index is 0.0455. The van der Waals surface area contributed by atoms with E-state index >= 15 is 0 Å². The predicted octanol–water partition coefficient (Wildman–Crippen LogP) is 4.38. The molecule has 0 spiro atoms. The molecule has 1 aliphatic carbocycles. The maximum absolute atomic E-state index is 13.4. The molecule has 0 aromatic carbocycles. The smallest absolute Gasteiger partial charge is 0.247 e. The Hall–Kier alpha value is -2.63. The van der Waals surface area contributed by atoms with E-state index in [0.717, 1.165) is 44.1 Å². The van der Waals surface area contributed by atoms with Crippen LogP contribution in [0.4, 0.5) is 0 Å². The van der Waals surface area contributed by atoms with Crippen molar-refractivity contribution in [2.45, 2.75) is 76.9 Å². The first kappa shape index (κ1) is 21.1. The number of carbonyl (C=O) groups is 2. The van der Waals surface area contributed by atoms with Crippen LogP contribution >= 0.6 is 0 Å². The second-order valence-corrected chi connectivity index (χ2v) is 7.74. The second kappa shape index (κ2) is 10.8. The van der Waals surface area contributed by atoms with Crippen LogP contribution in [0.15, 0.2) is 47.3 Å². The van der Waals surface area contributed by atoms with Gasteiger partial charge in [-0.15, -0.1) is 0 Å². The molecule has 156 valence electrons. The van der Waals surface area contributed by atoms with Crippen molar-refractivity contribution in [1.82, 2.24) is 15.2 Å². The van der Waals surface area contributed by atoms with Gasteiger partial charge in [0, 0.05) is 30.4 Å². The van der Waals surface area contributed by atoms with Crippen molar-refractivity contribution in [3.05, 3.63) is 54.2 Å². The summed E-state index contributed by atoms with van der Waals surface area (Å²) in [5.41, 5.74) is 0.720. The number of hydrogen-bond donors (Lipinski definition) is 1. The van der Waals surface area contributed by atoms with Gasteiger partial charge in [-0.2, -0.15) is 0 Å². The molecular formula is C23H31N3O3. The Balaban J connectivity index is 1.88. The molecule has 0 bridgehead atoms. The first-order chi connectivity index (χ1) is 14.2. The Morgan fingerprint density at radius 1 is 1.24 bits per heavy atom. The number of unbranched alkanes of at least 4 members (excludes halogenated alkanes) is 1. The van der Waals surface area contributed by atoms with E-state index in [-0.39, 0.29) is 24.4 Å². The first-order valence-corrected chi connectivity index (χ1v) is 10.7. The highest BCUT2D eigenvalue weighted by molar-refractivity contribution is 5.88. The summed E-state index contributed by atoms with van der Waals surface area (Å²) in [6, 6.07) is 6.75. The summed E-state index contributed by atoms with van der Waals surface area (Å²) in [4.78, 5) is 32.4. The maximum Gasteiger partial charge on any atom is 0.247 e. The summed E-state index contributed by atoms with van der Waals surface area (Å²) in [6.45, 7) is 2.31. The van der Waals surface area contributed by atoms with Gasteiger partial charge in [-0.3, -0.25) is 14.6 Å². The summed E-state index contributed by atoms with van der Waals surface area (Å²) in [7, 11) is 0. The van der Waals surface area contributed by atoms with Crippen LogP contribution in [-0.4, -0.2) is 27.7 Å². The molecule has 1 atom stereocenters. The molecule has 6 nitrogen and oxygen atoms in total. The molecule has 3 rings (SSSR count). The van der Waals surface area contributed by atoms with Crippen molar-refractivity contribution in [3.8, 4) is 0 Å². The third-order valence-corrected chi connectivity index (χ3v) is 5.48. The fourth-order valence-corrected chi connectivity index (χ4v) is 3.90. The topological polar surface area (TPSA) is 75.4 Å². The van der Waals surface area contributed by atoms with Gasteiger partial charge in [0.2, 0.25) is 11.8 Å². The van der Waals surface area contributed by atoms with Crippen molar-refractivity contribution in [1.29, 1.82) is 0 Å². The molecule has 0 radical (unpaired) electrons. The van der Waals surface area contributed by atoms with Crippen LogP contribution in [0.3, 0.4) is 0 Å². The van der Waals surface area contributed by atoms with Crippen LogP contribution in [0.1, 0.15) is 75.7 Å². The molecule has 0 aliphatic heterocycles. The van der Waals surface area contributed by atoms with Gasteiger partial charge in [0.15, 0.2) is 0 Å². The number of hydrogen-bond acceptors (Lipinski definition) is 4. The Bertz CT molecular complexity index is 755. The molecule has 1 unspecified atom stereocenters. The van der Waals surface area contributed by atoms with Crippen LogP contribution in [0, 0.1) is 0 Å². The summed E-state index contributed by atoms with van der Waals surface area (Å²) < 4.78 is 5.49. The minimum Gasteiger partial charge on any atom is -0.467 e. The number of nitrogens with zero attached hydrogens (tertiary/aromatic N) is 2. The highest BCUT2D eigenvalue weighted by Crippen LogP contribution is 2.26. The summed E-state index contributed by atoms with van der Waals surface area (Å²) in [6.07, 6.45) is 12.5. The Morgan fingerprint density at radius 2 is 2.07 bits per heavy atom. The summed E-state index contributed by atoms with van der Waals surface area (Å²) in [5.74, 6) is 0.478. The summed E-state index contributed by atoms with van der Waals surface area (Å²) in [5, 5.41) is 3.20. The number of pyridine rings is 1. The monoisotopic (exact) mass is 397 g/mol. The third-order valence-electron chi connectivity index (χ3n) is 5.48. The predicted molar refractivity (Wildman–Crippen MR) is 111 cm³/mol. The van der Waals surface area contributed by atoms with E-state index in [2.05, 4.69) is 17.2 Å². The lowest BCUT2D eigenvalue weighted by molar-refractivity contribution is -0.142. The van der Waals surface area contributed by atoms with Crippen molar-refractivity contribution in [3.63, 3.8) is 0 Å². The Kier molecular flexibility index (Phi) is 7.85. The average molecular weight is 398 g/mol. The lowest BCUT2D eigenvalue weighted by atomic mass is 9.94. The van der Waals surface area contributed by atoms with E-state index in [4.69, 9.17) is 4.42 Å². The number of carbonyl (C=O) groups excluding carboxylic acids is 2. The molecule has 1 N–H and O–H groups in total. The highest BCUT2D eigenvalue weighted by Gasteiger charge is 2.33. The fraction of sp³-hybridized carbons (Fsp3) is 0.522. The lowest BCUT2D eigenvalue weighted by Crippen LogP contribution is -2.46. The van der Waals surface area contributed by atoms with Crippen LogP contribution in [-0.2, 0) is 16.1 Å². The van der Waals surface area contributed by atoms with Gasteiger partial charge >= 0.3 is 0 Å². The molecule has 1 aliphatic rings. The number of nitrogens with one attached hydrogen (secondary N) is 1. The molecule has 29 heavy (non-hydrogen) atoms. The molecule has 1 fully saturated rings. The Labute approximate surface area is 172 Å². The Morgan fingerprint density at radius 3 is 2.72 bits per heavy atom. The van der Waals surface area contributed by atoms with Gasteiger partial charge in [0.05, 0.1) is 12.8 Å². The van der Waals surface area contributed by atoms with Crippen LogP contribution in [0.2, 0.25) is 0 Å². The van der Waals surface area contributed by atoms with Gasteiger partial charge in [-0.25, -0.2) is 0 Å².